The minimum Gasteiger partial charge on any atom is -0.351 e. The summed E-state index contributed by atoms with van der Waals surface area (Å²) in [6, 6.07) is 0.454. The summed E-state index contributed by atoms with van der Waals surface area (Å²) in [6.07, 6.45) is 2.37. The largest absolute Gasteiger partial charge is 0.351 e. The van der Waals surface area contributed by atoms with E-state index in [1.54, 1.807) is 0 Å². The fraction of sp³-hybridized carbons (Fsp3) is 1.00. The molecule has 15 heavy (non-hydrogen) atoms. The summed E-state index contributed by atoms with van der Waals surface area (Å²) in [7, 11) is 0. The smallest absolute Gasteiger partial charge is 0.291 e. The summed E-state index contributed by atoms with van der Waals surface area (Å²) in [4.78, 5) is 12.1. The fourth-order valence-electron chi connectivity index (χ4n) is 1.13. The molecular weight excluding hydrogens is 285 g/mol. The van der Waals surface area contributed by atoms with Crippen LogP contribution in [0.25, 0.3) is 0 Å². The Labute approximate surface area is 112 Å². The number of hydrogen-bond donors (Lipinski definition) is 3. The van der Waals surface area contributed by atoms with E-state index in [9.17, 15) is 0 Å². The molecule has 0 aromatic carbocycles. The Bertz CT molecular complexity index is 151. The molecule has 87 valence electrons. The Balaban J connectivity index is 0. The third kappa shape index (κ3) is 14.1. The van der Waals surface area contributed by atoms with Crippen molar-refractivity contribution >= 4 is 0 Å². The van der Waals surface area contributed by atoms with Crippen molar-refractivity contribution in [1.29, 1.82) is 0 Å². The zero-order chi connectivity index (χ0) is 10.8. The molecule has 0 aliphatic carbocycles. The number of nitrogens with zero attached hydrogens (tertiary/aromatic N) is 1. The Morgan fingerprint density at radius 1 is 1.60 bits per heavy atom. The molecular formula is C6H14N2O6Y. The van der Waals surface area contributed by atoms with Crippen LogP contribution in [0.4, 0.5) is 0 Å². The predicted molar refractivity (Wildman–Crippen MR) is 44.3 cm³/mol. The van der Waals surface area contributed by atoms with Crippen LogP contribution in [-0.2, 0) is 42.3 Å². The summed E-state index contributed by atoms with van der Waals surface area (Å²) in [5.74, 6) is 0. The van der Waals surface area contributed by atoms with Crippen LogP contribution in [0, 0.1) is 10.1 Å². The molecule has 9 heteroatoms. The molecule has 1 heterocycles. The molecule has 0 aromatic heterocycles. The second-order valence-electron chi connectivity index (χ2n) is 2.65. The average molecular weight is 299 g/mol. The summed E-state index contributed by atoms with van der Waals surface area (Å²) >= 11 is 0. The van der Waals surface area contributed by atoms with Crippen molar-refractivity contribution in [3.63, 3.8) is 0 Å². The molecule has 1 aliphatic rings. The van der Waals surface area contributed by atoms with Crippen molar-refractivity contribution in [2.45, 2.75) is 18.9 Å². The molecule has 8 nitrogen and oxygen atoms in total. The molecule has 1 aliphatic heterocycles. The second-order valence-corrected chi connectivity index (χ2v) is 2.65. The minimum absolute atomic E-state index is 0. The van der Waals surface area contributed by atoms with Gasteiger partial charge < -0.3 is 15.3 Å². The molecule has 0 amide bonds. The van der Waals surface area contributed by atoms with Crippen LogP contribution in [0.2, 0.25) is 0 Å². The molecule has 1 radical (unpaired) electrons. The van der Waals surface area contributed by atoms with E-state index >= 15 is 0 Å². The third-order valence-corrected chi connectivity index (χ3v) is 1.62. The molecule has 0 aromatic rings. The first-order chi connectivity index (χ1) is 6.66. The van der Waals surface area contributed by atoms with Crippen molar-refractivity contribution in [3.05, 3.63) is 10.1 Å². The molecule has 1 saturated heterocycles. The van der Waals surface area contributed by atoms with Gasteiger partial charge in [-0.3, -0.25) is 0 Å². The van der Waals surface area contributed by atoms with Crippen LogP contribution < -0.4 is 5.32 Å². The first-order valence-electron chi connectivity index (χ1n) is 4.07. The van der Waals surface area contributed by atoms with Crippen molar-refractivity contribution in [3.8, 4) is 0 Å². The van der Waals surface area contributed by atoms with Crippen molar-refractivity contribution in [2.75, 3.05) is 19.9 Å². The van der Waals surface area contributed by atoms with Crippen molar-refractivity contribution in [2.24, 2.45) is 0 Å². The summed E-state index contributed by atoms with van der Waals surface area (Å²) in [5.41, 5.74) is 0. The van der Waals surface area contributed by atoms with Gasteiger partial charge in [-0.2, -0.15) is 0 Å². The number of ether oxygens (including phenoxy) is 1. The zero-order valence-corrected chi connectivity index (χ0v) is 11.0. The Morgan fingerprint density at radius 2 is 2.20 bits per heavy atom. The van der Waals surface area contributed by atoms with E-state index in [1.807, 2.05) is 0 Å². The van der Waals surface area contributed by atoms with Crippen LogP contribution in [0.3, 0.4) is 0 Å². The van der Waals surface area contributed by atoms with Gasteiger partial charge in [0.1, 0.15) is 0 Å². The molecule has 0 bridgehead atoms. The Kier molecular flexibility index (Phi) is 14.3. The zero-order valence-electron chi connectivity index (χ0n) is 8.16. The first-order valence-corrected chi connectivity index (χ1v) is 4.07. The maximum Gasteiger partial charge on any atom is 0.291 e. The molecule has 1 unspecified atom stereocenters. The first kappa shape index (κ1) is 17.5. The van der Waals surface area contributed by atoms with Crippen LogP contribution in [0.15, 0.2) is 0 Å². The van der Waals surface area contributed by atoms with E-state index in [2.05, 4.69) is 10.2 Å². The van der Waals surface area contributed by atoms with E-state index < -0.39 is 5.09 Å². The van der Waals surface area contributed by atoms with Gasteiger partial charge in [0.2, 0.25) is 0 Å². The standard InChI is InChI=1S/C6H13NO3.HNO3.Y/c8-10-5-9-4-6-2-1-3-7-6;2-1(3)4;/h6-8H,1-5H2;(H,2,3,4);. The fourth-order valence-corrected chi connectivity index (χ4v) is 1.13. The summed E-state index contributed by atoms with van der Waals surface area (Å²) in [6.45, 7) is 1.67. The summed E-state index contributed by atoms with van der Waals surface area (Å²) < 4.78 is 4.93. The van der Waals surface area contributed by atoms with Gasteiger partial charge in [-0.05, 0) is 19.4 Å². The van der Waals surface area contributed by atoms with E-state index in [4.69, 9.17) is 25.3 Å². The summed E-state index contributed by atoms with van der Waals surface area (Å²) in [5, 5.41) is 24.8. The molecule has 0 saturated carbocycles. The molecule has 1 rings (SSSR count). The average Bonchev–Trinajstić information content (AvgIpc) is 2.56. The Hall–Kier alpha value is 0.144. The van der Waals surface area contributed by atoms with E-state index in [0.29, 0.717) is 12.6 Å². The minimum atomic E-state index is -1.50. The van der Waals surface area contributed by atoms with Gasteiger partial charge in [-0.15, -0.1) is 10.1 Å². The van der Waals surface area contributed by atoms with Gasteiger partial charge in [0, 0.05) is 38.8 Å². The van der Waals surface area contributed by atoms with Gasteiger partial charge in [-0.1, -0.05) is 0 Å². The maximum atomic E-state index is 8.36. The third-order valence-electron chi connectivity index (χ3n) is 1.62. The Morgan fingerprint density at radius 3 is 2.60 bits per heavy atom. The monoisotopic (exact) mass is 299 g/mol. The van der Waals surface area contributed by atoms with Crippen LogP contribution in [0.1, 0.15) is 12.8 Å². The van der Waals surface area contributed by atoms with Crippen molar-refractivity contribution < 1.29 is 57.9 Å². The van der Waals surface area contributed by atoms with Crippen LogP contribution in [0.5, 0.6) is 0 Å². The van der Waals surface area contributed by atoms with E-state index in [1.165, 1.54) is 6.42 Å². The molecule has 3 N–H and O–H groups in total. The van der Waals surface area contributed by atoms with Crippen LogP contribution in [-0.4, -0.2) is 41.5 Å². The van der Waals surface area contributed by atoms with Gasteiger partial charge in [0.05, 0.1) is 6.61 Å². The van der Waals surface area contributed by atoms with Gasteiger partial charge >= 0.3 is 0 Å². The molecule has 1 atom stereocenters. The van der Waals surface area contributed by atoms with Gasteiger partial charge in [-0.25, -0.2) is 10.1 Å². The number of rotatable bonds is 4. The van der Waals surface area contributed by atoms with Crippen LogP contribution >= 0.6 is 0 Å². The molecule has 1 fully saturated rings. The van der Waals surface area contributed by atoms with Gasteiger partial charge in [0.25, 0.3) is 5.09 Å². The van der Waals surface area contributed by atoms with E-state index in [0.717, 1.165) is 13.0 Å². The SMILES string of the molecule is O=[N+]([O-])O.OOCOCC1CCCN1.[Y]. The van der Waals surface area contributed by atoms with Crippen molar-refractivity contribution in [1.82, 2.24) is 5.32 Å². The van der Waals surface area contributed by atoms with Gasteiger partial charge in [0.15, 0.2) is 6.79 Å². The normalized spacial score (nSPS) is 18.6. The topological polar surface area (TPSA) is 114 Å². The quantitative estimate of drug-likeness (QED) is 0.217. The second kappa shape index (κ2) is 12.2. The molecule has 0 spiro atoms. The number of hydrogen-bond acceptors (Lipinski definition) is 6. The van der Waals surface area contributed by atoms with E-state index in [-0.39, 0.29) is 39.5 Å². The maximum absolute atomic E-state index is 8.36. The number of nitrogens with one attached hydrogen (secondary N) is 1. The predicted octanol–water partition coefficient (Wildman–Crippen LogP) is -0.148.